The number of carbonyl (C=O) groups excluding carboxylic acids is 1. The molecule has 0 amide bonds. The molecule has 1 N–H and O–H groups in total. The molecular weight excluding hydrogens is 418 g/mol. The van der Waals surface area contributed by atoms with Gasteiger partial charge in [0, 0.05) is 25.7 Å². The minimum atomic E-state index is -0.188. The molecule has 0 saturated carbocycles. The maximum absolute atomic E-state index is 11.1. The van der Waals surface area contributed by atoms with Gasteiger partial charge in [0.15, 0.2) is 0 Å². The quantitative estimate of drug-likeness (QED) is 0.559. The highest BCUT2D eigenvalue weighted by Gasteiger charge is 2.06. The third-order valence-corrected chi connectivity index (χ3v) is 4.46. The standard InChI is InChI=1S/C11H12Br3NO2/c1-2-17-11(16)3-4-15-10-6-8(13)7(12)5-9(10)14/h5-6,15H,2-4H2,1H3. The van der Waals surface area contributed by atoms with Crippen molar-refractivity contribution in [2.45, 2.75) is 13.3 Å². The molecule has 94 valence electrons. The van der Waals surface area contributed by atoms with Crippen LogP contribution in [0.25, 0.3) is 0 Å². The van der Waals surface area contributed by atoms with Crippen LogP contribution in [-0.4, -0.2) is 19.1 Å². The van der Waals surface area contributed by atoms with Crippen molar-refractivity contribution in [2.24, 2.45) is 0 Å². The van der Waals surface area contributed by atoms with Gasteiger partial charge in [0.25, 0.3) is 0 Å². The van der Waals surface area contributed by atoms with Gasteiger partial charge in [-0.1, -0.05) is 0 Å². The summed E-state index contributed by atoms with van der Waals surface area (Å²) >= 11 is 10.3. The number of esters is 1. The Morgan fingerprint density at radius 3 is 2.53 bits per heavy atom. The molecule has 0 radical (unpaired) electrons. The maximum atomic E-state index is 11.1. The molecule has 0 saturated heterocycles. The van der Waals surface area contributed by atoms with Crippen molar-refractivity contribution in [3.63, 3.8) is 0 Å². The second kappa shape index (κ2) is 7.38. The Morgan fingerprint density at radius 2 is 1.88 bits per heavy atom. The number of ether oxygens (including phenoxy) is 1. The molecule has 0 aliphatic heterocycles. The van der Waals surface area contributed by atoms with E-state index in [1.807, 2.05) is 12.1 Å². The zero-order valence-corrected chi connectivity index (χ0v) is 14.0. The van der Waals surface area contributed by atoms with Gasteiger partial charge in [0.05, 0.1) is 13.0 Å². The summed E-state index contributed by atoms with van der Waals surface area (Å²) in [6.07, 6.45) is 0.355. The number of hydrogen-bond donors (Lipinski definition) is 1. The Hall–Kier alpha value is -0.0700. The molecule has 0 atom stereocenters. The first-order valence-corrected chi connectivity index (χ1v) is 7.46. The lowest BCUT2D eigenvalue weighted by molar-refractivity contribution is -0.142. The van der Waals surface area contributed by atoms with Crippen molar-refractivity contribution in [1.82, 2.24) is 0 Å². The van der Waals surface area contributed by atoms with E-state index in [0.717, 1.165) is 19.1 Å². The first-order chi connectivity index (χ1) is 8.04. The van der Waals surface area contributed by atoms with E-state index < -0.39 is 0 Å². The minimum absolute atomic E-state index is 0.188. The van der Waals surface area contributed by atoms with Crippen LogP contribution < -0.4 is 5.32 Å². The van der Waals surface area contributed by atoms with Crippen LogP contribution in [-0.2, 0) is 9.53 Å². The molecule has 0 heterocycles. The van der Waals surface area contributed by atoms with Crippen LogP contribution in [0, 0.1) is 0 Å². The molecule has 1 aromatic rings. The number of hydrogen-bond acceptors (Lipinski definition) is 3. The predicted octanol–water partition coefficient (Wildman–Crippen LogP) is 4.34. The second-order valence-corrected chi connectivity index (χ2v) is 5.79. The molecule has 3 nitrogen and oxygen atoms in total. The molecule has 17 heavy (non-hydrogen) atoms. The topological polar surface area (TPSA) is 38.3 Å². The average molecular weight is 430 g/mol. The molecule has 0 fully saturated rings. The fourth-order valence-electron chi connectivity index (χ4n) is 1.19. The molecule has 0 spiro atoms. The van der Waals surface area contributed by atoms with Crippen LogP contribution in [0.3, 0.4) is 0 Å². The van der Waals surface area contributed by atoms with Gasteiger partial charge in [0.2, 0.25) is 0 Å². The summed E-state index contributed by atoms with van der Waals surface area (Å²) in [6, 6.07) is 3.89. The van der Waals surface area contributed by atoms with E-state index in [-0.39, 0.29) is 5.97 Å². The first kappa shape index (κ1) is 15.0. The minimum Gasteiger partial charge on any atom is -0.466 e. The van der Waals surface area contributed by atoms with Crippen molar-refractivity contribution in [3.8, 4) is 0 Å². The SMILES string of the molecule is CCOC(=O)CCNc1cc(Br)c(Br)cc1Br. The highest BCUT2D eigenvalue weighted by molar-refractivity contribution is 9.13. The van der Waals surface area contributed by atoms with E-state index in [4.69, 9.17) is 4.74 Å². The van der Waals surface area contributed by atoms with Crippen LogP contribution in [0.15, 0.2) is 25.6 Å². The van der Waals surface area contributed by atoms with E-state index in [2.05, 4.69) is 53.1 Å². The van der Waals surface area contributed by atoms with Gasteiger partial charge in [-0.3, -0.25) is 4.79 Å². The van der Waals surface area contributed by atoms with Gasteiger partial charge in [-0.05, 0) is 66.8 Å². The summed E-state index contributed by atoms with van der Waals surface area (Å²) in [6.45, 7) is 2.77. The monoisotopic (exact) mass is 427 g/mol. The van der Waals surface area contributed by atoms with Crippen LogP contribution in [0.2, 0.25) is 0 Å². The lowest BCUT2D eigenvalue weighted by Crippen LogP contribution is -2.11. The van der Waals surface area contributed by atoms with Crippen molar-refractivity contribution in [1.29, 1.82) is 0 Å². The summed E-state index contributed by atoms with van der Waals surface area (Å²) in [5, 5.41) is 3.17. The Kier molecular flexibility index (Phi) is 6.51. The fourth-order valence-corrected chi connectivity index (χ4v) is 2.67. The summed E-state index contributed by atoms with van der Waals surface area (Å²) in [5.74, 6) is -0.188. The van der Waals surface area contributed by atoms with Crippen molar-refractivity contribution < 1.29 is 9.53 Å². The third kappa shape index (κ3) is 4.97. The van der Waals surface area contributed by atoms with Gasteiger partial charge < -0.3 is 10.1 Å². The van der Waals surface area contributed by atoms with Crippen LogP contribution in [0.5, 0.6) is 0 Å². The molecule has 0 aliphatic carbocycles. The fraction of sp³-hybridized carbons (Fsp3) is 0.364. The molecule has 0 aromatic heterocycles. The van der Waals surface area contributed by atoms with Gasteiger partial charge in [-0.2, -0.15) is 0 Å². The third-order valence-electron chi connectivity index (χ3n) is 1.96. The zero-order chi connectivity index (χ0) is 12.8. The molecule has 1 rings (SSSR count). The number of benzene rings is 1. The number of halogens is 3. The number of anilines is 1. The first-order valence-electron chi connectivity index (χ1n) is 5.08. The highest BCUT2D eigenvalue weighted by atomic mass is 79.9. The summed E-state index contributed by atoms with van der Waals surface area (Å²) in [4.78, 5) is 11.1. The molecule has 0 aliphatic rings. The average Bonchev–Trinajstić information content (AvgIpc) is 2.26. The van der Waals surface area contributed by atoms with E-state index in [9.17, 15) is 4.79 Å². The van der Waals surface area contributed by atoms with E-state index >= 15 is 0 Å². The molecule has 6 heteroatoms. The predicted molar refractivity (Wildman–Crippen MR) is 79.3 cm³/mol. The number of rotatable bonds is 5. The summed E-state index contributed by atoms with van der Waals surface area (Å²) < 4.78 is 7.72. The van der Waals surface area contributed by atoms with Gasteiger partial charge in [-0.25, -0.2) is 0 Å². The number of carbonyl (C=O) groups is 1. The van der Waals surface area contributed by atoms with Crippen LogP contribution >= 0.6 is 47.8 Å². The summed E-state index contributed by atoms with van der Waals surface area (Å²) in [7, 11) is 0. The Morgan fingerprint density at radius 1 is 1.24 bits per heavy atom. The van der Waals surface area contributed by atoms with Crippen molar-refractivity contribution in [2.75, 3.05) is 18.5 Å². The Bertz CT molecular complexity index is 410. The van der Waals surface area contributed by atoms with Crippen LogP contribution in [0.4, 0.5) is 5.69 Å². The molecule has 0 unspecified atom stereocenters. The normalized spacial score (nSPS) is 10.1. The highest BCUT2D eigenvalue weighted by Crippen LogP contribution is 2.32. The van der Waals surface area contributed by atoms with Gasteiger partial charge >= 0.3 is 5.97 Å². The Labute approximate surface area is 126 Å². The zero-order valence-electron chi connectivity index (χ0n) is 9.23. The lowest BCUT2D eigenvalue weighted by atomic mass is 10.3. The van der Waals surface area contributed by atoms with Gasteiger partial charge in [0.1, 0.15) is 0 Å². The molecule has 1 aromatic carbocycles. The largest absolute Gasteiger partial charge is 0.466 e. The number of nitrogens with one attached hydrogen (secondary N) is 1. The molecule has 0 bridgehead atoms. The smallest absolute Gasteiger partial charge is 0.307 e. The van der Waals surface area contributed by atoms with E-state index in [0.29, 0.717) is 19.6 Å². The Balaban J connectivity index is 2.52. The second-order valence-electron chi connectivity index (χ2n) is 3.23. The van der Waals surface area contributed by atoms with Gasteiger partial charge in [-0.15, -0.1) is 0 Å². The molecular formula is C11H12Br3NO2. The van der Waals surface area contributed by atoms with E-state index in [1.165, 1.54) is 0 Å². The van der Waals surface area contributed by atoms with Crippen LogP contribution in [0.1, 0.15) is 13.3 Å². The lowest BCUT2D eigenvalue weighted by Gasteiger charge is -2.09. The maximum Gasteiger partial charge on any atom is 0.307 e. The van der Waals surface area contributed by atoms with Crippen molar-refractivity contribution >= 4 is 59.4 Å². The summed E-state index contributed by atoms with van der Waals surface area (Å²) in [5.41, 5.74) is 0.935. The van der Waals surface area contributed by atoms with E-state index in [1.54, 1.807) is 6.92 Å². The van der Waals surface area contributed by atoms with Crippen molar-refractivity contribution in [3.05, 3.63) is 25.6 Å².